The van der Waals surface area contributed by atoms with Gasteiger partial charge in [-0.05, 0) is 36.6 Å². The van der Waals surface area contributed by atoms with Crippen LogP contribution in [0, 0.1) is 5.92 Å². The minimum absolute atomic E-state index is 0.323. The zero-order chi connectivity index (χ0) is 15.1. The molecule has 0 aliphatic rings. The SMILES string of the molecule is CCNC(CC(C)CC)c1cc(OC)c(OC)cc1Br. The van der Waals surface area contributed by atoms with Crippen molar-refractivity contribution in [2.45, 2.75) is 39.7 Å². The van der Waals surface area contributed by atoms with E-state index in [1.807, 2.05) is 6.07 Å². The van der Waals surface area contributed by atoms with Gasteiger partial charge in [0.2, 0.25) is 0 Å². The molecule has 2 atom stereocenters. The highest BCUT2D eigenvalue weighted by molar-refractivity contribution is 9.10. The van der Waals surface area contributed by atoms with Crippen molar-refractivity contribution in [2.75, 3.05) is 20.8 Å². The first-order chi connectivity index (χ1) is 9.57. The van der Waals surface area contributed by atoms with Crippen molar-refractivity contribution < 1.29 is 9.47 Å². The van der Waals surface area contributed by atoms with E-state index < -0.39 is 0 Å². The third kappa shape index (κ3) is 4.38. The molecular weight excluding hydrogens is 318 g/mol. The van der Waals surface area contributed by atoms with Crippen LogP contribution < -0.4 is 14.8 Å². The number of ether oxygens (including phenoxy) is 2. The molecule has 0 aliphatic heterocycles. The van der Waals surface area contributed by atoms with E-state index in [4.69, 9.17) is 9.47 Å². The monoisotopic (exact) mass is 343 g/mol. The molecule has 20 heavy (non-hydrogen) atoms. The first kappa shape index (κ1) is 17.3. The molecular formula is C16H26BrNO2. The van der Waals surface area contributed by atoms with Crippen molar-refractivity contribution in [3.05, 3.63) is 22.2 Å². The molecule has 0 spiro atoms. The van der Waals surface area contributed by atoms with Gasteiger partial charge in [-0.15, -0.1) is 0 Å². The zero-order valence-electron chi connectivity index (χ0n) is 13.1. The molecule has 0 bridgehead atoms. The van der Waals surface area contributed by atoms with E-state index >= 15 is 0 Å². The molecule has 0 aliphatic carbocycles. The summed E-state index contributed by atoms with van der Waals surface area (Å²) < 4.78 is 11.8. The predicted molar refractivity (Wildman–Crippen MR) is 87.7 cm³/mol. The van der Waals surface area contributed by atoms with Gasteiger partial charge >= 0.3 is 0 Å². The fraction of sp³-hybridized carbons (Fsp3) is 0.625. The molecule has 0 saturated heterocycles. The lowest BCUT2D eigenvalue weighted by Crippen LogP contribution is -2.23. The van der Waals surface area contributed by atoms with Crippen LogP contribution in [-0.4, -0.2) is 20.8 Å². The Hall–Kier alpha value is -0.740. The average molecular weight is 344 g/mol. The van der Waals surface area contributed by atoms with Crippen LogP contribution in [0.5, 0.6) is 11.5 Å². The second-order valence-corrected chi connectivity index (χ2v) is 5.94. The molecule has 0 radical (unpaired) electrons. The summed E-state index contributed by atoms with van der Waals surface area (Å²) in [5.74, 6) is 2.21. The number of halogens is 1. The minimum atomic E-state index is 0.323. The molecule has 0 amide bonds. The van der Waals surface area contributed by atoms with Crippen LogP contribution in [0.3, 0.4) is 0 Å². The lowest BCUT2D eigenvalue weighted by Gasteiger charge is -2.24. The fourth-order valence-corrected chi connectivity index (χ4v) is 2.87. The van der Waals surface area contributed by atoms with Crippen molar-refractivity contribution in [1.29, 1.82) is 0 Å². The van der Waals surface area contributed by atoms with Gasteiger partial charge in [-0.1, -0.05) is 43.1 Å². The van der Waals surface area contributed by atoms with Crippen molar-refractivity contribution in [3.8, 4) is 11.5 Å². The fourth-order valence-electron chi connectivity index (χ4n) is 2.27. The molecule has 114 valence electrons. The molecule has 1 aromatic rings. The Balaban J connectivity index is 3.11. The van der Waals surface area contributed by atoms with Crippen LogP contribution in [0.15, 0.2) is 16.6 Å². The summed E-state index contributed by atoms with van der Waals surface area (Å²) in [5, 5.41) is 3.57. The van der Waals surface area contributed by atoms with Crippen molar-refractivity contribution in [2.24, 2.45) is 5.92 Å². The molecule has 3 nitrogen and oxygen atoms in total. The van der Waals surface area contributed by atoms with Gasteiger partial charge in [0.1, 0.15) is 0 Å². The minimum Gasteiger partial charge on any atom is -0.493 e. The van der Waals surface area contributed by atoms with Crippen LogP contribution in [-0.2, 0) is 0 Å². The van der Waals surface area contributed by atoms with E-state index in [-0.39, 0.29) is 0 Å². The molecule has 1 aromatic carbocycles. The average Bonchev–Trinajstić information content (AvgIpc) is 2.46. The largest absolute Gasteiger partial charge is 0.493 e. The van der Waals surface area contributed by atoms with Gasteiger partial charge in [0, 0.05) is 10.5 Å². The molecule has 0 fully saturated rings. The van der Waals surface area contributed by atoms with Gasteiger partial charge in [0.25, 0.3) is 0 Å². The smallest absolute Gasteiger partial charge is 0.161 e. The standard InChI is InChI=1S/C16H26BrNO2/c1-6-11(3)8-14(18-7-2)12-9-15(19-4)16(20-5)10-13(12)17/h9-11,14,18H,6-8H2,1-5H3. The maximum atomic E-state index is 5.42. The summed E-state index contributed by atoms with van der Waals surface area (Å²) in [6, 6.07) is 4.37. The number of hydrogen-bond acceptors (Lipinski definition) is 3. The predicted octanol–water partition coefficient (Wildman–Crippen LogP) is 4.55. The Kier molecular flexibility index (Phi) is 7.38. The molecule has 1 rings (SSSR count). The number of hydrogen-bond donors (Lipinski definition) is 1. The Bertz CT molecular complexity index is 423. The molecule has 2 unspecified atom stereocenters. The lowest BCUT2D eigenvalue weighted by atomic mass is 9.94. The van der Waals surface area contributed by atoms with Gasteiger partial charge in [0.15, 0.2) is 11.5 Å². The van der Waals surface area contributed by atoms with Gasteiger partial charge in [-0.2, -0.15) is 0 Å². The third-order valence-electron chi connectivity index (χ3n) is 3.66. The van der Waals surface area contributed by atoms with E-state index in [2.05, 4.69) is 48.1 Å². The summed E-state index contributed by atoms with van der Waals surface area (Å²) in [5.41, 5.74) is 1.23. The summed E-state index contributed by atoms with van der Waals surface area (Å²) in [4.78, 5) is 0. The summed E-state index contributed by atoms with van der Waals surface area (Å²) in [7, 11) is 3.33. The first-order valence-corrected chi connectivity index (χ1v) is 8.01. The van der Waals surface area contributed by atoms with E-state index in [0.717, 1.165) is 28.9 Å². The lowest BCUT2D eigenvalue weighted by molar-refractivity contribution is 0.351. The van der Waals surface area contributed by atoms with Crippen molar-refractivity contribution >= 4 is 15.9 Å². The molecule has 1 N–H and O–H groups in total. The van der Waals surface area contributed by atoms with E-state index in [1.165, 1.54) is 12.0 Å². The third-order valence-corrected chi connectivity index (χ3v) is 4.35. The number of methoxy groups -OCH3 is 2. The topological polar surface area (TPSA) is 30.5 Å². The van der Waals surface area contributed by atoms with Crippen LogP contribution >= 0.6 is 15.9 Å². The van der Waals surface area contributed by atoms with Crippen LogP contribution in [0.4, 0.5) is 0 Å². The Morgan fingerprint density at radius 1 is 1.15 bits per heavy atom. The van der Waals surface area contributed by atoms with Gasteiger partial charge in [-0.25, -0.2) is 0 Å². The molecule has 4 heteroatoms. The van der Waals surface area contributed by atoms with Crippen molar-refractivity contribution in [3.63, 3.8) is 0 Å². The quantitative estimate of drug-likeness (QED) is 0.750. The Morgan fingerprint density at radius 3 is 2.25 bits per heavy atom. The number of nitrogens with one attached hydrogen (secondary N) is 1. The Morgan fingerprint density at radius 2 is 1.75 bits per heavy atom. The maximum Gasteiger partial charge on any atom is 0.161 e. The zero-order valence-corrected chi connectivity index (χ0v) is 14.7. The second kappa shape index (κ2) is 8.53. The van der Waals surface area contributed by atoms with E-state index in [9.17, 15) is 0 Å². The van der Waals surface area contributed by atoms with E-state index in [0.29, 0.717) is 12.0 Å². The number of rotatable bonds is 8. The Labute approximate surface area is 131 Å². The van der Waals surface area contributed by atoms with E-state index in [1.54, 1.807) is 14.2 Å². The highest BCUT2D eigenvalue weighted by Crippen LogP contribution is 2.37. The highest BCUT2D eigenvalue weighted by atomic mass is 79.9. The summed E-state index contributed by atoms with van der Waals surface area (Å²) in [6.45, 7) is 7.61. The first-order valence-electron chi connectivity index (χ1n) is 7.22. The number of benzene rings is 1. The van der Waals surface area contributed by atoms with Gasteiger partial charge < -0.3 is 14.8 Å². The molecule has 0 saturated carbocycles. The van der Waals surface area contributed by atoms with Crippen LogP contribution in [0.25, 0.3) is 0 Å². The van der Waals surface area contributed by atoms with Crippen LogP contribution in [0.1, 0.15) is 45.2 Å². The molecule has 0 heterocycles. The van der Waals surface area contributed by atoms with Crippen LogP contribution in [0.2, 0.25) is 0 Å². The summed E-state index contributed by atoms with van der Waals surface area (Å²) >= 11 is 3.66. The maximum absolute atomic E-state index is 5.42. The van der Waals surface area contributed by atoms with Crippen molar-refractivity contribution in [1.82, 2.24) is 5.32 Å². The normalized spacial score (nSPS) is 13.9. The second-order valence-electron chi connectivity index (χ2n) is 5.09. The van der Waals surface area contributed by atoms with Gasteiger partial charge in [-0.3, -0.25) is 0 Å². The van der Waals surface area contributed by atoms with Gasteiger partial charge in [0.05, 0.1) is 14.2 Å². The highest BCUT2D eigenvalue weighted by Gasteiger charge is 2.19. The molecule has 0 aromatic heterocycles. The summed E-state index contributed by atoms with van der Waals surface area (Å²) in [6.07, 6.45) is 2.30.